The molecule has 0 saturated carbocycles. The first-order valence-electron chi connectivity index (χ1n) is 7.41. The first kappa shape index (κ1) is 15.4. The van der Waals surface area contributed by atoms with Gasteiger partial charge in [0.15, 0.2) is 0 Å². The van der Waals surface area contributed by atoms with Gasteiger partial charge in [-0.05, 0) is 43.9 Å². The fourth-order valence-corrected chi connectivity index (χ4v) is 2.40. The maximum absolute atomic E-state index is 11.9. The highest BCUT2D eigenvalue weighted by atomic mass is 16.2. The number of nitrogens with one attached hydrogen (secondary N) is 3. The number of urea groups is 1. The lowest BCUT2D eigenvalue weighted by Crippen LogP contribution is -2.36. The molecule has 0 aliphatic carbocycles. The SMILES string of the molecule is CCCNC(=O)NCCc1ccc2c(c1)C(C)(C)C(=O)N2. The summed E-state index contributed by atoms with van der Waals surface area (Å²) in [5.41, 5.74) is 2.55. The van der Waals surface area contributed by atoms with Gasteiger partial charge in [-0.2, -0.15) is 0 Å². The van der Waals surface area contributed by atoms with Gasteiger partial charge >= 0.3 is 6.03 Å². The van der Waals surface area contributed by atoms with Crippen LogP contribution in [0, 0.1) is 0 Å². The molecule has 3 amide bonds. The highest BCUT2D eigenvalue weighted by Gasteiger charge is 2.38. The van der Waals surface area contributed by atoms with Crippen molar-refractivity contribution in [3.63, 3.8) is 0 Å². The van der Waals surface area contributed by atoms with Crippen molar-refractivity contribution < 1.29 is 9.59 Å². The molecular weight excluding hydrogens is 266 g/mol. The van der Waals surface area contributed by atoms with Crippen LogP contribution in [0.25, 0.3) is 0 Å². The van der Waals surface area contributed by atoms with Gasteiger partial charge in [0.25, 0.3) is 0 Å². The number of benzene rings is 1. The Morgan fingerprint density at radius 1 is 1.24 bits per heavy atom. The molecule has 5 nitrogen and oxygen atoms in total. The van der Waals surface area contributed by atoms with Crippen LogP contribution in [0.2, 0.25) is 0 Å². The van der Waals surface area contributed by atoms with Gasteiger partial charge < -0.3 is 16.0 Å². The van der Waals surface area contributed by atoms with Crippen molar-refractivity contribution in [2.45, 2.75) is 39.0 Å². The van der Waals surface area contributed by atoms with E-state index >= 15 is 0 Å². The molecule has 0 radical (unpaired) electrons. The smallest absolute Gasteiger partial charge is 0.314 e. The van der Waals surface area contributed by atoms with E-state index in [1.807, 2.05) is 32.9 Å². The maximum atomic E-state index is 11.9. The molecule has 5 heteroatoms. The lowest BCUT2D eigenvalue weighted by Gasteiger charge is -2.16. The quantitative estimate of drug-likeness (QED) is 0.777. The number of hydrogen-bond acceptors (Lipinski definition) is 2. The van der Waals surface area contributed by atoms with E-state index in [9.17, 15) is 9.59 Å². The van der Waals surface area contributed by atoms with E-state index < -0.39 is 5.41 Å². The molecule has 2 rings (SSSR count). The molecular formula is C16H23N3O2. The molecule has 114 valence electrons. The lowest BCUT2D eigenvalue weighted by atomic mass is 9.85. The summed E-state index contributed by atoms with van der Waals surface area (Å²) in [6, 6.07) is 5.86. The van der Waals surface area contributed by atoms with Gasteiger partial charge in [0, 0.05) is 18.8 Å². The van der Waals surface area contributed by atoms with Gasteiger partial charge in [0.1, 0.15) is 0 Å². The highest BCUT2D eigenvalue weighted by Crippen LogP contribution is 2.37. The minimum atomic E-state index is -0.489. The number of fused-ring (bicyclic) bond motifs is 1. The third-order valence-corrected chi connectivity index (χ3v) is 3.81. The van der Waals surface area contributed by atoms with Crippen molar-refractivity contribution in [3.05, 3.63) is 29.3 Å². The molecule has 1 aromatic rings. The van der Waals surface area contributed by atoms with Gasteiger partial charge in [-0.1, -0.05) is 19.1 Å². The Labute approximate surface area is 125 Å². The molecule has 1 aromatic carbocycles. The van der Waals surface area contributed by atoms with Crippen molar-refractivity contribution in [3.8, 4) is 0 Å². The average Bonchev–Trinajstić information content (AvgIpc) is 2.67. The van der Waals surface area contributed by atoms with Crippen LogP contribution in [0.4, 0.5) is 10.5 Å². The number of carbonyl (C=O) groups is 2. The van der Waals surface area contributed by atoms with E-state index in [0.717, 1.165) is 29.7 Å². The van der Waals surface area contributed by atoms with Crippen LogP contribution in [0.15, 0.2) is 18.2 Å². The van der Waals surface area contributed by atoms with Crippen LogP contribution < -0.4 is 16.0 Å². The summed E-state index contributed by atoms with van der Waals surface area (Å²) in [5.74, 6) is 0.0340. The van der Waals surface area contributed by atoms with E-state index in [1.165, 1.54) is 0 Å². The second-order valence-electron chi connectivity index (χ2n) is 5.89. The van der Waals surface area contributed by atoms with Crippen LogP contribution in [0.5, 0.6) is 0 Å². The predicted molar refractivity (Wildman–Crippen MR) is 83.5 cm³/mol. The standard InChI is InChI=1S/C16H23N3O2/c1-4-8-17-15(21)18-9-7-11-5-6-13-12(10-11)16(2,3)14(20)19-13/h5-6,10H,4,7-9H2,1-3H3,(H,19,20)(H2,17,18,21). The zero-order chi connectivity index (χ0) is 15.5. The molecule has 1 aliphatic rings. The van der Waals surface area contributed by atoms with Gasteiger partial charge in [-0.25, -0.2) is 4.79 Å². The molecule has 0 spiro atoms. The van der Waals surface area contributed by atoms with E-state index in [2.05, 4.69) is 22.0 Å². The Hall–Kier alpha value is -2.04. The Morgan fingerprint density at radius 2 is 1.95 bits per heavy atom. The van der Waals surface area contributed by atoms with Gasteiger partial charge in [-0.3, -0.25) is 4.79 Å². The summed E-state index contributed by atoms with van der Waals surface area (Å²) in [6.45, 7) is 7.13. The Kier molecular flexibility index (Phi) is 4.50. The Bertz CT molecular complexity index is 552. The first-order chi connectivity index (χ1) is 9.95. The third kappa shape index (κ3) is 3.35. The van der Waals surface area contributed by atoms with E-state index in [-0.39, 0.29) is 11.9 Å². The molecule has 3 N–H and O–H groups in total. The molecule has 0 aromatic heterocycles. The zero-order valence-corrected chi connectivity index (χ0v) is 12.9. The second kappa shape index (κ2) is 6.16. The molecule has 0 atom stereocenters. The van der Waals surface area contributed by atoms with E-state index in [1.54, 1.807) is 0 Å². The normalized spacial score (nSPS) is 15.3. The van der Waals surface area contributed by atoms with Crippen molar-refractivity contribution in [2.24, 2.45) is 0 Å². The zero-order valence-electron chi connectivity index (χ0n) is 12.9. The van der Waals surface area contributed by atoms with Gasteiger partial charge in [0.2, 0.25) is 5.91 Å². The maximum Gasteiger partial charge on any atom is 0.314 e. The number of amides is 3. The highest BCUT2D eigenvalue weighted by molar-refractivity contribution is 6.05. The largest absolute Gasteiger partial charge is 0.338 e. The summed E-state index contributed by atoms with van der Waals surface area (Å²) in [6.07, 6.45) is 1.67. The Morgan fingerprint density at radius 3 is 2.67 bits per heavy atom. The summed E-state index contributed by atoms with van der Waals surface area (Å²) in [7, 11) is 0. The minimum Gasteiger partial charge on any atom is -0.338 e. The lowest BCUT2D eigenvalue weighted by molar-refractivity contribution is -0.119. The minimum absolute atomic E-state index is 0.0340. The fraction of sp³-hybridized carbons (Fsp3) is 0.500. The number of rotatable bonds is 5. The number of anilines is 1. The summed E-state index contributed by atoms with van der Waals surface area (Å²) in [5, 5.41) is 8.50. The van der Waals surface area contributed by atoms with Crippen molar-refractivity contribution >= 4 is 17.6 Å². The van der Waals surface area contributed by atoms with Crippen molar-refractivity contribution in [1.29, 1.82) is 0 Å². The van der Waals surface area contributed by atoms with E-state index in [0.29, 0.717) is 13.1 Å². The molecule has 1 heterocycles. The van der Waals surface area contributed by atoms with Gasteiger partial charge in [0.05, 0.1) is 5.41 Å². The summed E-state index contributed by atoms with van der Waals surface area (Å²) >= 11 is 0. The fourth-order valence-electron chi connectivity index (χ4n) is 2.40. The van der Waals surface area contributed by atoms with Gasteiger partial charge in [-0.15, -0.1) is 0 Å². The monoisotopic (exact) mass is 289 g/mol. The molecule has 0 saturated heterocycles. The molecule has 0 fully saturated rings. The molecule has 21 heavy (non-hydrogen) atoms. The average molecular weight is 289 g/mol. The Balaban J connectivity index is 1.93. The summed E-state index contributed by atoms with van der Waals surface area (Å²) in [4.78, 5) is 23.3. The van der Waals surface area contributed by atoms with Crippen molar-refractivity contribution in [1.82, 2.24) is 10.6 Å². The van der Waals surface area contributed by atoms with Crippen LogP contribution in [0.1, 0.15) is 38.3 Å². The van der Waals surface area contributed by atoms with Crippen LogP contribution in [-0.2, 0) is 16.6 Å². The third-order valence-electron chi connectivity index (χ3n) is 3.81. The number of hydrogen-bond donors (Lipinski definition) is 3. The summed E-state index contributed by atoms with van der Waals surface area (Å²) < 4.78 is 0. The van der Waals surface area contributed by atoms with E-state index in [4.69, 9.17) is 0 Å². The first-order valence-corrected chi connectivity index (χ1v) is 7.41. The molecule has 1 aliphatic heterocycles. The topological polar surface area (TPSA) is 70.2 Å². The molecule has 0 bridgehead atoms. The van der Waals surface area contributed by atoms with Crippen LogP contribution in [0.3, 0.4) is 0 Å². The number of carbonyl (C=O) groups excluding carboxylic acids is 2. The van der Waals surface area contributed by atoms with Crippen LogP contribution in [-0.4, -0.2) is 25.0 Å². The van der Waals surface area contributed by atoms with Crippen molar-refractivity contribution in [2.75, 3.05) is 18.4 Å². The predicted octanol–water partition coefficient (Wildman–Crippen LogP) is 2.17. The molecule has 0 unspecified atom stereocenters. The second-order valence-corrected chi connectivity index (χ2v) is 5.89. The van der Waals surface area contributed by atoms with Crippen LogP contribution >= 0.6 is 0 Å².